The number of carbonyl (C=O) groups is 1. The van der Waals surface area contributed by atoms with Gasteiger partial charge in [-0.1, -0.05) is 18.2 Å². The summed E-state index contributed by atoms with van der Waals surface area (Å²) in [6.45, 7) is 0.175. The van der Waals surface area contributed by atoms with Crippen molar-refractivity contribution in [2.45, 2.75) is 54.8 Å². The number of rotatable bonds is 4. The van der Waals surface area contributed by atoms with E-state index in [2.05, 4.69) is 9.71 Å². The molecule has 0 aromatic heterocycles. The van der Waals surface area contributed by atoms with E-state index in [1.165, 1.54) is 24.3 Å². The van der Waals surface area contributed by atoms with Gasteiger partial charge in [0.2, 0.25) is 0 Å². The average Bonchev–Trinajstić information content (AvgIpc) is 3.59. The number of anilines is 1. The number of sulfone groups is 1. The lowest BCUT2D eigenvalue weighted by molar-refractivity contribution is -0.134. The summed E-state index contributed by atoms with van der Waals surface area (Å²) in [4.78, 5) is 14.8. The molecule has 2 aromatic carbocycles. The maximum atomic E-state index is 13.6. The number of nitrogens with one attached hydrogen (secondary N) is 1. The Morgan fingerprint density at radius 2 is 1.88 bits per heavy atom. The number of carbonyl (C=O) groups excluding carboxylic acids is 1. The van der Waals surface area contributed by atoms with E-state index in [1.54, 1.807) is 29.2 Å². The zero-order chi connectivity index (χ0) is 28.0. The summed E-state index contributed by atoms with van der Waals surface area (Å²) in [5, 5.41) is 13.4. The van der Waals surface area contributed by atoms with Crippen molar-refractivity contribution in [2.75, 3.05) is 11.1 Å². The molecule has 0 spiro atoms. The molecule has 2 aliphatic carbocycles. The first-order valence-electron chi connectivity index (χ1n) is 13.4. The van der Waals surface area contributed by atoms with E-state index in [4.69, 9.17) is 0 Å². The average molecular weight is 586 g/mol. The van der Waals surface area contributed by atoms with Crippen molar-refractivity contribution >= 4 is 37.3 Å². The Hall–Kier alpha value is -3.25. The van der Waals surface area contributed by atoms with Crippen LogP contribution in [-0.2, 0) is 31.2 Å². The van der Waals surface area contributed by atoms with Gasteiger partial charge in [0.05, 0.1) is 28.1 Å². The second-order valence-electron chi connectivity index (χ2n) is 11.6. The monoisotopic (exact) mass is 585 g/mol. The van der Waals surface area contributed by atoms with E-state index in [1.807, 2.05) is 0 Å². The second kappa shape index (κ2) is 8.62. The van der Waals surface area contributed by atoms with Gasteiger partial charge in [-0.2, -0.15) is 8.42 Å². The summed E-state index contributed by atoms with van der Waals surface area (Å²) >= 11 is 0. The Morgan fingerprint density at radius 3 is 2.60 bits per heavy atom. The standard InChI is InChI=1S/C28H28FN3O6S2/c29-19-6-3-16(4-7-19)15-32-24(34)13-21(33)25-18-9-10-28(14-18,26(25)32)27-30-20-8-5-17(12-23(20)40(37,38)31-27)22-2-1-11-39(22,35)36/h3-8,12-13,18,22,25-26,33H,1-2,9-11,14-15H2,(H,30,31). The number of benzene rings is 2. The first-order valence-corrected chi connectivity index (χ1v) is 16.6. The molecule has 2 aromatic rings. The summed E-state index contributed by atoms with van der Waals surface area (Å²) in [5.41, 5.74) is 0.633. The van der Waals surface area contributed by atoms with Crippen LogP contribution in [0.5, 0.6) is 0 Å². The van der Waals surface area contributed by atoms with Crippen molar-refractivity contribution in [2.24, 2.45) is 21.6 Å². The van der Waals surface area contributed by atoms with Crippen LogP contribution in [-0.4, -0.2) is 50.4 Å². The van der Waals surface area contributed by atoms with Crippen LogP contribution in [0.25, 0.3) is 0 Å². The molecule has 2 N–H and O–H groups in total. The van der Waals surface area contributed by atoms with Gasteiger partial charge in [-0.3, -0.25) is 4.79 Å². The van der Waals surface area contributed by atoms with Gasteiger partial charge in [-0.05, 0) is 73.4 Å². The lowest BCUT2D eigenvalue weighted by atomic mass is 9.71. The largest absolute Gasteiger partial charge is 0.512 e. The molecule has 5 unspecified atom stereocenters. The van der Waals surface area contributed by atoms with E-state index < -0.39 is 42.5 Å². The van der Waals surface area contributed by atoms with Crippen molar-refractivity contribution in [1.29, 1.82) is 0 Å². The van der Waals surface area contributed by atoms with Crippen molar-refractivity contribution in [3.8, 4) is 0 Å². The lowest BCUT2D eigenvalue weighted by Crippen LogP contribution is -2.58. The minimum atomic E-state index is -4.19. The molecule has 12 heteroatoms. The van der Waals surface area contributed by atoms with Crippen LogP contribution in [0, 0.1) is 23.1 Å². The van der Waals surface area contributed by atoms with Gasteiger partial charge < -0.3 is 15.3 Å². The molecule has 3 aliphatic heterocycles. The number of aliphatic hydroxyl groups excluding tert-OH is 1. The van der Waals surface area contributed by atoms with Crippen molar-refractivity contribution in [3.05, 3.63) is 71.2 Å². The molecule has 7 rings (SSSR count). The molecular formula is C28H28FN3O6S2. The lowest BCUT2D eigenvalue weighted by Gasteiger charge is -2.48. The highest BCUT2D eigenvalue weighted by Gasteiger charge is 2.65. The molecule has 0 radical (unpaired) electrons. The summed E-state index contributed by atoms with van der Waals surface area (Å²) in [5.74, 6) is -0.787. The predicted octanol–water partition coefficient (Wildman–Crippen LogP) is 3.86. The van der Waals surface area contributed by atoms with Gasteiger partial charge in [-0.15, -0.1) is 4.40 Å². The van der Waals surface area contributed by atoms with Gasteiger partial charge in [0.15, 0.2) is 9.84 Å². The number of amidine groups is 1. The normalized spacial score (nSPS) is 33.1. The Bertz CT molecular complexity index is 1720. The van der Waals surface area contributed by atoms with Crippen LogP contribution in [0.4, 0.5) is 10.1 Å². The number of amides is 1. The maximum absolute atomic E-state index is 13.6. The van der Waals surface area contributed by atoms with Gasteiger partial charge in [-0.25, -0.2) is 12.8 Å². The molecule has 2 bridgehead atoms. The number of nitrogens with zero attached hydrogens (tertiary/aromatic N) is 2. The third-order valence-corrected chi connectivity index (χ3v) is 13.0. The molecule has 5 atom stereocenters. The third kappa shape index (κ3) is 3.75. The Balaban J connectivity index is 1.28. The van der Waals surface area contributed by atoms with Crippen LogP contribution in [0.2, 0.25) is 0 Å². The van der Waals surface area contributed by atoms with Gasteiger partial charge >= 0.3 is 0 Å². The molecule has 5 aliphatic rings. The number of aliphatic hydroxyl groups is 1. The van der Waals surface area contributed by atoms with Gasteiger partial charge in [0.25, 0.3) is 15.9 Å². The minimum Gasteiger partial charge on any atom is -0.512 e. The number of hydrogen-bond donors (Lipinski definition) is 2. The highest BCUT2D eigenvalue weighted by molar-refractivity contribution is 7.92. The summed E-state index contributed by atoms with van der Waals surface area (Å²) in [7, 11) is -7.52. The predicted molar refractivity (Wildman–Crippen MR) is 145 cm³/mol. The van der Waals surface area contributed by atoms with Crippen LogP contribution in [0.1, 0.15) is 48.5 Å². The molecule has 3 fully saturated rings. The second-order valence-corrected chi connectivity index (χ2v) is 15.5. The number of halogens is 1. The molecule has 9 nitrogen and oxygen atoms in total. The van der Waals surface area contributed by atoms with Gasteiger partial charge in [0, 0.05) is 18.5 Å². The fourth-order valence-electron chi connectivity index (χ4n) is 7.70. The first-order chi connectivity index (χ1) is 19.0. The molecule has 3 heterocycles. The molecular weight excluding hydrogens is 557 g/mol. The third-order valence-electron chi connectivity index (χ3n) is 9.42. The van der Waals surface area contributed by atoms with Gasteiger partial charge in [0.1, 0.15) is 22.3 Å². The highest BCUT2D eigenvalue weighted by Crippen LogP contribution is 2.62. The van der Waals surface area contributed by atoms with Crippen LogP contribution >= 0.6 is 0 Å². The molecule has 210 valence electrons. The highest BCUT2D eigenvalue weighted by atomic mass is 32.2. The topological polar surface area (TPSA) is 133 Å². The van der Waals surface area contributed by atoms with E-state index in [-0.39, 0.29) is 46.4 Å². The number of sulfonamides is 1. The first kappa shape index (κ1) is 25.7. The van der Waals surface area contributed by atoms with Crippen molar-refractivity contribution in [3.63, 3.8) is 0 Å². The van der Waals surface area contributed by atoms with E-state index in [0.717, 1.165) is 6.42 Å². The Labute approximate surface area is 231 Å². The van der Waals surface area contributed by atoms with Crippen LogP contribution < -0.4 is 5.32 Å². The van der Waals surface area contributed by atoms with Crippen molar-refractivity contribution < 1.29 is 31.1 Å². The number of hydrogen-bond acceptors (Lipinski definition) is 7. The fourth-order valence-corrected chi connectivity index (χ4v) is 10.9. The smallest absolute Gasteiger partial charge is 0.286 e. The quantitative estimate of drug-likeness (QED) is 0.557. The zero-order valence-corrected chi connectivity index (χ0v) is 23.1. The summed E-state index contributed by atoms with van der Waals surface area (Å²) in [6.07, 6.45) is 4.09. The zero-order valence-electron chi connectivity index (χ0n) is 21.5. The Morgan fingerprint density at radius 1 is 1.10 bits per heavy atom. The van der Waals surface area contributed by atoms with E-state index in [0.29, 0.717) is 42.5 Å². The van der Waals surface area contributed by atoms with Crippen LogP contribution in [0.3, 0.4) is 0 Å². The summed E-state index contributed by atoms with van der Waals surface area (Å²) in [6, 6.07) is 9.99. The Kier molecular flexibility index (Phi) is 5.54. The van der Waals surface area contributed by atoms with Crippen molar-refractivity contribution in [1.82, 2.24) is 4.90 Å². The SMILES string of the molecule is O=C1C=C(O)C2C3CCC(C4=NS(=O)(=O)c5cc(C6CCCS6(=O)=O)ccc5N4)(C3)C2N1Cc1ccc(F)cc1. The maximum Gasteiger partial charge on any atom is 0.286 e. The van der Waals surface area contributed by atoms with E-state index >= 15 is 0 Å². The molecule has 1 saturated heterocycles. The summed E-state index contributed by atoms with van der Waals surface area (Å²) < 4.78 is 70.0. The fraction of sp³-hybridized carbons (Fsp3) is 0.429. The molecule has 2 saturated carbocycles. The minimum absolute atomic E-state index is 0.000914. The molecule has 1 amide bonds. The number of fused-ring (bicyclic) bond motifs is 6. The molecule has 40 heavy (non-hydrogen) atoms. The van der Waals surface area contributed by atoms with Crippen LogP contribution in [0.15, 0.2) is 63.6 Å². The van der Waals surface area contributed by atoms with E-state index in [9.17, 15) is 31.1 Å².